The number of halogens is 1. The predicted molar refractivity (Wildman–Crippen MR) is 97.4 cm³/mol. The summed E-state index contributed by atoms with van der Waals surface area (Å²) in [5.74, 6) is -0.110. The molecule has 3 rings (SSSR count). The zero-order valence-electron chi connectivity index (χ0n) is 14.0. The van der Waals surface area contributed by atoms with Gasteiger partial charge in [0.25, 0.3) is 5.91 Å². The first-order valence-electron chi connectivity index (χ1n) is 8.64. The van der Waals surface area contributed by atoms with Crippen molar-refractivity contribution in [1.29, 1.82) is 0 Å². The summed E-state index contributed by atoms with van der Waals surface area (Å²) in [5, 5.41) is 11.4. The first-order valence-corrected chi connectivity index (χ1v) is 9.43. The Hall–Kier alpha value is -1.69. The lowest BCUT2D eigenvalue weighted by molar-refractivity contribution is 0.0924. The topological polar surface area (TPSA) is 59.8 Å². The molecule has 0 radical (unpaired) electrons. The van der Waals surface area contributed by atoms with Gasteiger partial charge in [0.2, 0.25) is 0 Å². The molecule has 1 aliphatic carbocycles. The van der Waals surface area contributed by atoms with E-state index in [4.69, 9.17) is 0 Å². The standard InChI is InChI=1S/C18H23BrN4O/c1-13-17(18(24)20-15-7-5-3-2-4-6-8-15)21-22-23(13)16-11-9-14(19)10-12-16/h9-12,15H,2-8H2,1H3,(H,20,24). The monoisotopic (exact) mass is 390 g/mol. The maximum absolute atomic E-state index is 12.6. The van der Waals surface area contributed by atoms with E-state index in [1.165, 1.54) is 32.1 Å². The number of hydrogen-bond acceptors (Lipinski definition) is 3. The molecule has 0 atom stereocenters. The molecule has 0 saturated heterocycles. The van der Waals surface area contributed by atoms with E-state index < -0.39 is 0 Å². The highest BCUT2D eigenvalue weighted by atomic mass is 79.9. The molecule has 128 valence electrons. The average molecular weight is 391 g/mol. The molecular formula is C18H23BrN4O. The number of amides is 1. The number of nitrogens with one attached hydrogen (secondary N) is 1. The van der Waals surface area contributed by atoms with E-state index in [9.17, 15) is 4.79 Å². The minimum absolute atomic E-state index is 0.110. The summed E-state index contributed by atoms with van der Waals surface area (Å²) in [5.41, 5.74) is 2.08. The molecule has 0 spiro atoms. The Morgan fingerprint density at radius 2 is 1.75 bits per heavy atom. The van der Waals surface area contributed by atoms with Crippen molar-refractivity contribution in [3.63, 3.8) is 0 Å². The predicted octanol–water partition coefficient (Wildman–Crippen LogP) is 4.18. The fraction of sp³-hybridized carbons (Fsp3) is 0.500. The van der Waals surface area contributed by atoms with Crippen molar-refractivity contribution in [2.24, 2.45) is 0 Å². The van der Waals surface area contributed by atoms with Crippen molar-refractivity contribution in [2.45, 2.75) is 57.9 Å². The SMILES string of the molecule is Cc1c(C(=O)NC2CCCCCCC2)nnn1-c1ccc(Br)cc1. The molecule has 24 heavy (non-hydrogen) atoms. The zero-order valence-corrected chi connectivity index (χ0v) is 15.6. The third-order valence-electron chi connectivity index (χ3n) is 4.62. The van der Waals surface area contributed by atoms with Gasteiger partial charge < -0.3 is 5.32 Å². The van der Waals surface area contributed by atoms with Crippen LogP contribution < -0.4 is 5.32 Å². The fourth-order valence-corrected chi connectivity index (χ4v) is 3.49. The van der Waals surface area contributed by atoms with Gasteiger partial charge in [-0.3, -0.25) is 4.79 Å². The van der Waals surface area contributed by atoms with Crippen molar-refractivity contribution in [3.8, 4) is 5.69 Å². The second-order valence-electron chi connectivity index (χ2n) is 6.43. The highest BCUT2D eigenvalue weighted by molar-refractivity contribution is 9.10. The third-order valence-corrected chi connectivity index (χ3v) is 5.15. The van der Waals surface area contributed by atoms with Crippen molar-refractivity contribution in [2.75, 3.05) is 0 Å². The summed E-state index contributed by atoms with van der Waals surface area (Å²) in [6, 6.07) is 8.05. The van der Waals surface area contributed by atoms with E-state index in [-0.39, 0.29) is 11.9 Å². The Morgan fingerprint density at radius 3 is 2.42 bits per heavy atom. The van der Waals surface area contributed by atoms with Crippen LogP contribution in [0.25, 0.3) is 5.69 Å². The summed E-state index contributed by atoms with van der Waals surface area (Å²) in [6.45, 7) is 1.88. The number of hydrogen-bond donors (Lipinski definition) is 1. The van der Waals surface area contributed by atoms with Gasteiger partial charge in [0.1, 0.15) is 0 Å². The highest BCUT2D eigenvalue weighted by Crippen LogP contribution is 2.19. The molecule has 2 aromatic rings. The second kappa shape index (κ2) is 7.92. The summed E-state index contributed by atoms with van der Waals surface area (Å²) < 4.78 is 2.71. The van der Waals surface area contributed by atoms with E-state index in [0.717, 1.165) is 28.7 Å². The van der Waals surface area contributed by atoms with Crippen LogP contribution in [0, 0.1) is 6.92 Å². The maximum atomic E-state index is 12.6. The average Bonchev–Trinajstić information content (AvgIpc) is 2.92. The van der Waals surface area contributed by atoms with Gasteiger partial charge in [-0.1, -0.05) is 53.2 Å². The van der Waals surface area contributed by atoms with Crippen LogP contribution in [0.3, 0.4) is 0 Å². The lowest BCUT2D eigenvalue weighted by Gasteiger charge is -2.20. The molecular weight excluding hydrogens is 368 g/mol. The molecule has 1 aromatic heterocycles. The van der Waals surface area contributed by atoms with Crippen molar-refractivity contribution in [3.05, 3.63) is 40.1 Å². The van der Waals surface area contributed by atoms with Gasteiger partial charge >= 0.3 is 0 Å². The molecule has 1 N–H and O–H groups in total. The lowest BCUT2D eigenvalue weighted by Crippen LogP contribution is -2.35. The third kappa shape index (κ3) is 4.04. The number of aromatic nitrogens is 3. The van der Waals surface area contributed by atoms with Crippen LogP contribution in [0.1, 0.15) is 61.1 Å². The number of carbonyl (C=O) groups is 1. The normalized spacial score (nSPS) is 16.4. The Kier molecular flexibility index (Phi) is 5.66. The van der Waals surface area contributed by atoms with Gasteiger partial charge in [0.05, 0.1) is 11.4 Å². The first kappa shape index (κ1) is 17.1. The molecule has 1 aliphatic rings. The van der Waals surface area contributed by atoms with Crippen molar-refractivity contribution >= 4 is 21.8 Å². The van der Waals surface area contributed by atoms with Gasteiger partial charge in [-0.05, 0) is 44.0 Å². The molecule has 0 aliphatic heterocycles. The van der Waals surface area contributed by atoms with Gasteiger partial charge in [0.15, 0.2) is 5.69 Å². The number of nitrogens with zero attached hydrogens (tertiary/aromatic N) is 3. The van der Waals surface area contributed by atoms with Crippen LogP contribution in [0.15, 0.2) is 28.7 Å². The summed E-state index contributed by atoms with van der Waals surface area (Å²) >= 11 is 3.42. The van der Waals surface area contributed by atoms with Crippen LogP contribution in [-0.4, -0.2) is 26.9 Å². The van der Waals surface area contributed by atoms with E-state index in [0.29, 0.717) is 5.69 Å². The van der Waals surface area contributed by atoms with Crippen molar-refractivity contribution < 1.29 is 4.79 Å². The van der Waals surface area contributed by atoms with E-state index in [1.807, 2.05) is 31.2 Å². The minimum atomic E-state index is -0.110. The minimum Gasteiger partial charge on any atom is -0.348 e. The highest BCUT2D eigenvalue weighted by Gasteiger charge is 2.20. The quantitative estimate of drug-likeness (QED) is 0.854. The van der Waals surface area contributed by atoms with Crippen molar-refractivity contribution in [1.82, 2.24) is 20.3 Å². The van der Waals surface area contributed by atoms with Crippen LogP contribution in [0.4, 0.5) is 0 Å². The Balaban J connectivity index is 1.72. The number of benzene rings is 1. The second-order valence-corrected chi connectivity index (χ2v) is 7.34. The van der Waals surface area contributed by atoms with E-state index in [1.54, 1.807) is 4.68 Å². The lowest BCUT2D eigenvalue weighted by atomic mass is 9.96. The molecule has 1 amide bonds. The van der Waals surface area contributed by atoms with Crippen LogP contribution >= 0.6 is 15.9 Å². The largest absolute Gasteiger partial charge is 0.348 e. The zero-order chi connectivity index (χ0) is 16.9. The molecule has 5 nitrogen and oxygen atoms in total. The van der Waals surface area contributed by atoms with E-state index >= 15 is 0 Å². The van der Waals surface area contributed by atoms with Gasteiger partial charge in [0, 0.05) is 10.5 Å². The Labute approximate surface area is 151 Å². The number of rotatable bonds is 3. The first-order chi connectivity index (χ1) is 11.6. The van der Waals surface area contributed by atoms with Gasteiger partial charge in [-0.2, -0.15) is 0 Å². The smallest absolute Gasteiger partial charge is 0.273 e. The maximum Gasteiger partial charge on any atom is 0.273 e. The molecule has 6 heteroatoms. The van der Waals surface area contributed by atoms with E-state index in [2.05, 4.69) is 31.6 Å². The van der Waals surface area contributed by atoms with Gasteiger partial charge in [-0.25, -0.2) is 4.68 Å². The fourth-order valence-electron chi connectivity index (χ4n) is 3.22. The molecule has 1 fully saturated rings. The molecule has 1 aromatic carbocycles. The summed E-state index contributed by atoms with van der Waals surface area (Å²) in [4.78, 5) is 12.6. The molecule has 0 bridgehead atoms. The summed E-state index contributed by atoms with van der Waals surface area (Å²) in [7, 11) is 0. The molecule has 1 heterocycles. The van der Waals surface area contributed by atoms with Crippen LogP contribution in [0.5, 0.6) is 0 Å². The summed E-state index contributed by atoms with van der Waals surface area (Å²) in [6.07, 6.45) is 8.36. The van der Waals surface area contributed by atoms with Gasteiger partial charge in [-0.15, -0.1) is 5.10 Å². The number of carbonyl (C=O) groups excluding carboxylic acids is 1. The van der Waals surface area contributed by atoms with Crippen LogP contribution in [0.2, 0.25) is 0 Å². The molecule has 0 unspecified atom stereocenters. The Morgan fingerprint density at radius 1 is 1.12 bits per heavy atom. The Bertz CT molecular complexity index is 688. The molecule has 1 saturated carbocycles. The van der Waals surface area contributed by atoms with Crippen LogP contribution in [-0.2, 0) is 0 Å².